The minimum absolute atomic E-state index is 0.127. The summed E-state index contributed by atoms with van der Waals surface area (Å²) in [7, 11) is 1.17. The Kier molecular flexibility index (Phi) is 2.95. The van der Waals surface area contributed by atoms with Crippen molar-refractivity contribution in [2.24, 2.45) is 5.22 Å². The first-order valence-electron chi connectivity index (χ1n) is 3.72. The lowest BCUT2D eigenvalue weighted by atomic mass is 10.3. The lowest BCUT2D eigenvalue weighted by Crippen LogP contribution is -1.99. The van der Waals surface area contributed by atoms with Crippen molar-refractivity contribution in [3.8, 4) is 0 Å². The molecule has 0 unspecified atom stereocenters. The Balaban J connectivity index is 2.96. The van der Waals surface area contributed by atoms with Crippen LogP contribution in [0.5, 0.6) is 0 Å². The van der Waals surface area contributed by atoms with Gasteiger partial charge < -0.3 is 5.21 Å². The molecule has 14 heavy (non-hydrogen) atoms. The van der Waals surface area contributed by atoms with Crippen LogP contribution in [0.2, 0.25) is 0 Å². The third kappa shape index (κ3) is 2.41. The topological polar surface area (TPSA) is 93.6 Å². The Hall–Kier alpha value is -2.18. The van der Waals surface area contributed by atoms with Gasteiger partial charge in [-0.3, -0.25) is 10.1 Å². The summed E-state index contributed by atoms with van der Waals surface area (Å²) in [6.45, 7) is 0. The molecule has 0 heterocycles. The average molecular weight is 196 g/mol. The van der Waals surface area contributed by atoms with E-state index in [-0.39, 0.29) is 16.2 Å². The van der Waals surface area contributed by atoms with Crippen LogP contribution in [-0.4, -0.2) is 16.8 Å². The van der Waals surface area contributed by atoms with Gasteiger partial charge in [0.25, 0.3) is 0 Å². The minimum Gasteiger partial charge on any atom is -0.696 e. The molecule has 1 aromatic carbocycles. The number of hydrogen-bond donors (Lipinski definition) is 1. The Bertz CT molecular complexity index is 373. The van der Waals surface area contributed by atoms with Gasteiger partial charge in [-0.25, -0.2) is 0 Å². The summed E-state index contributed by atoms with van der Waals surface area (Å²) >= 11 is 0. The number of nitrogens with zero attached hydrogens (tertiary/aromatic N) is 3. The smallest absolute Gasteiger partial charge is 0.317 e. The van der Waals surface area contributed by atoms with Crippen LogP contribution in [0.15, 0.2) is 29.5 Å². The van der Waals surface area contributed by atoms with Crippen molar-refractivity contribution in [3.05, 3.63) is 39.6 Å². The average Bonchev–Trinajstić information content (AvgIpc) is 2.15. The fourth-order valence-electron chi connectivity index (χ4n) is 0.852. The quantitative estimate of drug-likeness (QED) is 0.343. The Morgan fingerprint density at radius 1 is 1.36 bits per heavy atom. The largest absolute Gasteiger partial charge is 0.696 e. The maximum absolute atomic E-state index is 10.5. The molecule has 0 amide bonds. The van der Waals surface area contributed by atoms with Crippen molar-refractivity contribution in [2.75, 3.05) is 12.5 Å². The summed E-state index contributed by atoms with van der Waals surface area (Å²) in [4.78, 5) is 10.2. The van der Waals surface area contributed by atoms with E-state index in [0.717, 1.165) is 0 Å². The Labute approximate surface area is 79.4 Å². The van der Waals surface area contributed by atoms with Crippen molar-refractivity contribution in [1.29, 1.82) is 0 Å². The van der Waals surface area contributed by atoms with Crippen LogP contribution >= 0.6 is 0 Å². The molecule has 0 aliphatic carbocycles. The van der Waals surface area contributed by atoms with Crippen LogP contribution in [0.25, 0.3) is 0 Å². The van der Waals surface area contributed by atoms with Crippen molar-refractivity contribution >= 4 is 11.4 Å². The number of nitrogens with one attached hydrogen (secondary N) is 1. The Morgan fingerprint density at radius 2 is 2.00 bits per heavy atom. The summed E-state index contributed by atoms with van der Waals surface area (Å²) in [6, 6.07) is 5.92. The summed E-state index contributed by atoms with van der Waals surface area (Å²) < 4.78 is 0. The first kappa shape index (κ1) is 9.90. The number of hydroxylamine groups is 1. The highest BCUT2D eigenvalue weighted by Gasteiger charge is 2.14. The van der Waals surface area contributed by atoms with Gasteiger partial charge in [-0.2, -0.15) is 4.86 Å². The lowest BCUT2D eigenvalue weighted by Gasteiger charge is -1.98. The van der Waals surface area contributed by atoms with E-state index in [1.54, 1.807) is 6.07 Å². The fraction of sp³-hybridized carbons (Fsp3) is 0.143. The predicted molar refractivity (Wildman–Crippen MR) is 48.7 cm³/mol. The molecule has 0 atom stereocenters. The van der Waals surface area contributed by atoms with Crippen LogP contribution < -0.4 is 5.43 Å². The van der Waals surface area contributed by atoms with Gasteiger partial charge >= 0.3 is 5.69 Å². The Morgan fingerprint density at radius 3 is 2.57 bits per heavy atom. The van der Waals surface area contributed by atoms with Crippen LogP contribution in [0.3, 0.4) is 0 Å². The molecule has 1 rings (SSSR count). The normalized spacial score (nSPS) is 11.1. The number of hydrogen-bond acceptors (Lipinski definition) is 4. The standard InChI is InChI=1S/C7H8N4O3/c1-10(12)9-8-6-4-2-3-5-7(6)11(13)14/h2-5,8H,1H3/b10-9-. The van der Waals surface area contributed by atoms with E-state index in [1.165, 1.54) is 25.2 Å². The highest BCUT2D eigenvalue weighted by atomic mass is 16.6. The van der Waals surface area contributed by atoms with Gasteiger partial charge in [0.2, 0.25) is 5.69 Å². The molecular formula is C7H8N4O3. The van der Waals surface area contributed by atoms with E-state index in [0.29, 0.717) is 0 Å². The molecule has 0 radical (unpaired) electrons. The van der Waals surface area contributed by atoms with Gasteiger partial charge in [-0.05, 0) is 6.07 Å². The molecule has 1 N–H and O–H groups in total. The lowest BCUT2D eigenvalue weighted by molar-refractivity contribution is -0.497. The highest BCUT2D eigenvalue weighted by molar-refractivity contribution is 5.60. The molecule has 7 heteroatoms. The third-order valence-electron chi connectivity index (χ3n) is 1.41. The van der Waals surface area contributed by atoms with E-state index >= 15 is 0 Å². The molecule has 0 aliphatic rings. The van der Waals surface area contributed by atoms with Crippen LogP contribution in [0.1, 0.15) is 0 Å². The maximum atomic E-state index is 10.5. The first-order chi connectivity index (χ1) is 6.61. The number of para-hydroxylation sites is 2. The van der Waals surface area contributed by atoms with Gasteiger partial charge in [0.15, 0.2) is 0 Å². The summed E-state index contributed by atoms with van der Waals surface area (Å²) in [5, 5.41) is 24.2. The SMILES string of the molecule is C/[N+]([O-])=N/Nc1ccccc1[N+](=O)[O-]. The molecular weight excluding hydrogens is 188 g/mol. The van der Waals surface area contributed by atoms with Gasteiger partial charge in [0.05, 0.1) is 10.1 Å². The monoisotopic (exact) mass is 196 g/mol. The number of rotatable bonds is 3. The van der Waals surface area contributed by atoms with Crippen LogP contribution in [0.4, 0.5) is 11.4 Å². The molecule has 0 saturated carbocycles. The summed E-state index contributed by atoms with van der Waals surface area (Å²) in [6.07, 6.45) is 0. The molecule has 0 aliphatic heterocycles. The van der Waals surface area contributed by atoms with E-state index in [1.807, 2.05) is 0 Å². The van der Waals surface area contributed by atoms with Crippen LogP contribution in [0, 0.1) is 15.3 Å². The number of anilines is 1. The molecule has 0 saturated heterocycles. The molecule has 0 bridgehead atoms. The predicted octanol–water partition coefficient (Wildman–Crippen LogP) is 1.51. The zero-order chi connectivity index (χ0) is 10.6. The van der Waals surface area contributed by atoms with E-state index < -0.39 is 4.92 Å². The molecule has 1 aromatic rings. The number of nitro benzene ring substituents is 1. The van der Waals surface area contributed by atoms with Crippen molar-refractivity contribution in [2.45, 2.75) is 0 Å². The molecule has 0 fully saturated rings. The summed E-state index contributed by atoms with van der Waals surface area (Å²) in [5.74, 6) is 0. The minimum atomic E-state index is -0.553. The first-order valence-corrected chi connectivity index (χ1v) is 3.72. The van der Waals surface area contributed by atoms with Crippen molar-refractivity contribution in [1.82, 2.24) is 0 Å². The van der Waals surface area contributed by atoms with Gasteiger partial charge in [-0.1, -0.05) is 12.1 Å². The van der Waals surface area contributed by atoms with Gasteiger partial charge in [0.1, 0.15) is 7.05 Å². The zero-order valence-corrected chi connectivity index (χ0v) is 7.38. The fourth-order valence-corrected chi connectivity index (χ4v) is 0.852. The second-order valence-corrected chi connectivity index (χ2v) is 2.45. The van der Waals surface area contributed by atoms with E-state index in [4.69, 9.17) is 0 Å². The highest BCUT2D eigenvalue weighted by Crippen LogP contribution is 2.22. The third-order valence-corrected chi connectivity index (χ3v) is 1.41. The van der Waals surface area contributed by atoms with Crippen LogP contribution in [-0.2, 0) is 0 Å². The molecule has 0 spiro atoms. The van der Waals surface area contributed by atoms with E-state index in [9.17, 15) is 15.3 Å². The van der Waals surface area contributed by atoms with Gasteiger partial charge in [-0.15, -0.1) is 5.43 Å². The number of benzene rings is 1. The zero-order valence-electron chi connectivity index (χ0n) is 7.38. The van der Waals surface area contributed by atoms with E-state index in [2.05, 4.69) is 10.6 Å². The second kappa shape index (κ2) is 4.17. The molecule has 0 aromatic heterocycles. The summed E-state index contributed by atoms with van der Waals surface area (Å²) in [5.41, 5.74) is 2.34. The van der Waals surface area contributed by atoms with Gasteiger partial charge in [0, 0.05) is 6.07 Å². The second-order valence-electron chi connectivity index (χ2n) is 2.45. The van der Waals surface area contributed by atoms with Crippen molar-refractivity contribution < 1.29 is 9.78 Å². The molecule has 7 nitrogen and oxygen atoms in total. The maximum Gasteiger partial charge on any atom is 0.317 e. The van der Waals surface area contributed by atoms with Crippen molar-refractivity contribution in [3.63, 3.8) is 0 Å². The number of nitro groups is 1. The molecule has 74 valence electrons.